The van der Waals surface area contributed by atoms with Crippen LogP contribution in [0.4, 0.5) is 0 Å². The van der Waals surface area contributed by atoms with Crippen molar-refractivity contribution in [2.75, 3.05) is 0 Å². The van der Waals surface area contributed by atoms with Crippen LogP contribution in [0.3, 0.4) is 0 Å². The molecule has 0 aliphatic heterocycles. The average Bonchev–Trinajstić information content (AvgIpc) is 2.81. The molecule has 0 aliphatic rings. The molecule has 191 valence electrons. The van der Waals surface area contributed by atoms with E-state index in [2.05, 4.69) is 26.0 Å². The van der Waals surface area contributed by atoms with Gasteiger partial charge in [0.15, 0.2) is 0 Å². The van der Waals surface area contributed by atoms with Crippen LogP contribution in [0.25, 0.3) is 0 Å². The van der Waals surface area contributed by atoms with Gasteiger partial charge in [-0.2, -0.15) is 0 Å². The Morgan fingerprint density at radius 3 is 0.969 bits per heavy atom. The first-order valence-corrected chi connectivity index (χ1v) is 15.5. The third-order valence-electron chi connectivity index (χ3n) is 7.02. The van der Waals surface area contributed by atoms with E-state index in [0.29, 0.717) is 0 Å². The smallest absolute Gasteiger partial charge is 0.0279 e. The third-order valence-corrected chi connectivity index (χ3v) is 7.02. The van der Waals surface area contributed by atoms with Crippen LogP contribution in [0.2, 0.25) is 0 Å². The van der Waals surface area contributed by atoms with Crippen molar-refractivity contribution in [1.29, 1.82) is 0 Å². The van der Waals surface area contributed by atoms with Crippen LogP contribution in [-0.2, 0) is 0 Å². The van der Waals surface area contributed by atoms with Crippen molar-refractivity contribution in [3.05, 3.63) is 12.2 Å². The zero-order valence-electron chi connectivity index (χ0n) is 22.9. The fourth-order valence-electron chi connectivity index (χ4n) is 4.71. The Bertz CT molecular complexity index is 297. The van der Waals surface area contributed by atoms with Crippen LogP contribution >= 0.6 is 0 Å². The van der Waals surface area contributed by atoms with Gasteiger partial charge in [-0.3, -0.25) is 0 Å². The molecule has 0 aliphatic carbocycles. The molecular weight excluding hydrogens is 384 g/mol. The summed E-state index contributed by atoms with van der Waals surface area (Å²) < 4.78 is 0. The predicted octanol–water partition coefficient (Wildman–Crippen LogP) is 12.3. The van der Waals surface area contributed by atoms with Gasteiger partial charge in [0.25, 0.3) is 0 Å². The van der Waals surface area contributed by atoms with Gasteiger partial charge in [-0.1, -0.05) is 174 Å². The van der Waals surface area contributed by atoms with Crippen LogP contribution in [0, 0.1) is 6.08 Å². The zero-order chi connectivity index (χ0) is 23.2. The lowest BCUT2D eigenvalue weighted by Crippen LogP contribution is -1.83. The first-order valence-electron chi connectivity index (χ1n) is 15.5. The van der Waals surface area contributed by atoms with Gasteiger partial charge in [0.1, 0.15) is 0 Å². The van der Waals surface area contributed by atoms with Crippen molar-refractivity contribution in [2.45, 2.75) is 194 Å². The van der Waals surface area contributed by atoms with Gasteiger partial charge < -0.3 is 0 Å². The molecule has 0 unspecified atom stereocenters. The average molecular weight is 448 g/mol. The summed E-state index contributed by atoms with van der Waals surface area (Å²) in [4.78, 5) is 0. The Hall–Kier alpha value is -0.260. The molecule has 0 amide bonds. The molecule has 0 saturated carbocycles. The fraction of sp³-hybridized carbons (Fsp3) is 0.938. The van der Waals surface area contributed by atoms with Gasteiger partial charge in [-0.15, -0.1) is 0 Å². The highest BCUT2D eigenvalue weighted by Gasteiger charge is 1.95. The summed E-state index contributed by atoms with van der Waals surface area (Å²) in [5.74, 6) is 0. The topological polar surface area (TPSA) is 0 Å². The Morgan fingerprint density at radius 2 is 0.625 bits per heavy atom. The maximum Gasteiger partial charge on any atom is -0.0279 e. The van der Waals surface area contributed by atoms with Gasteiger partial charge in [-0.05, 0) is 31.8 Å². The van der Waals surface area contributed by atoms with E-state index in [1.54, 1.807) is 0 Å². The normalized spacial score (nSPS) is 11.7. The van der Waals surface area contributed by atoms with Crippen molar-refractivity contribution >= 4 is 0 Å². The van der Waals surface area contributed by atoms with Gasteiger partial charge in [0, 0.05) is 0 Å². The molecule has 0 bridgehead atoms. The molecule has 0 rings (SSSR count). The first-order chi connectivity index (χ1) is 15.9. The predicted molar refractivity (Wildman–Crippen MR) is 148 cm³/mol. The Kier molecular flexibility index (Phi) is 30.5. The van der Waals surface area contributed by atoms with Crippen LogP contribution < -0.4 is 0 Å². The van der Waals surface area contributed by atoms with Gasteiger partial charge >= 0.3 is 0 Å². The number of unbranched alkanes of at least 4 members (excludes halogenated alkanes) is 26. The zero-order valence-corrected chi connectivity index (χ0v) is 22.9. The molecule has 0 nitrogen and oxygen atoms in total. The minimum absolute atomic E-state index is 1.19. The van der Waals surface area contributed by atoms with E-state index < -0.39 is 0 Å². The minimum Gasteiger partial charge on any atom is -0.0811 e. The SMILES string of the molecule is CCCCCCCCCCCCCCC/[C]=C/CCCCCCCCCCCCCCC. The van der Waals surface area contributed by atoms with E-state index in [1.165, 1.54) is 180 Å². The van der Waals surface area contributed by atoms with Crippen LogP contribution in [0.15, 0.2) is 6.08 Å². The Morgan fingerprint density at radius 1 is 0.344 bits per heavy atom. The second kappa shape index (κ2) is 30.7. The fourth-order valence-corrected chi connectivity index (χ4v) is 4.71. The van der Waals surface area contributed by atoms with Crippen LogP contribution in [-0.4, -0.2) is 0 Å². The summed E-state index contributed by atoms with van der Waals surface area (Å²) in [6.07, 6.45) is 45.9. The summed E-state index contributed by atoms with van der Waals surface area (Å²) >= 11 is 0. The lowest BCUT2D eigenvalue weighted by Gasteiger charge is -2.02. The quantitative estimate of drug-likeness (QED) is 0.105. The molecule has 32 heavy (non-hydrogen) atoms. The molecule has 0 aromatic heterocycles. The monoisotopic (exact) mass is 447 g/mol. The number of allylic oxidation sites excluding steroid dienone is 2. The Labute approximate surface area is 205 Å². The molecule has 0 N–H and O–H groups in total. The van der Waals surface area contributed by atoms with E-state index in [9.17, 15) is 0 Å². The minimum atomic E-state index is 1.19. The molecule has 0 aromatic carbocycles. The Balaban J connectivity index is 3.06. The highest BCUT2D eigenvalue weighted by atomic mass is 14.0. The number of rotatable bonds is 28. The third kappa shape index (κ3) is 29.7. The molecule has 0 heterocycles. The van der Waals surface area contributed by atoms with Crippen molar-refractivity contribution in [2.24, 2.45) is 0 Å². The second-order valence-corrected chi connectivity index (χ2v) is 10.4. The van der Waals surface area contributed by atoms with E-state index in [-0.39, 0.29) is 0 Å². The van der Waals surface area contributed by atoms with Crippen LogP contribution in [0.1, 0.15) is 194 Å². The summed E-state index contributed by atoms with van der Waals surface area (Å²) in [6.45, 7) is 4.60. The molecule has 1 radical (unpaired) electrons. The summed E-state index contributed by atoms with van der Waals surface area (Å²) in [5.41, 5.74) is 0. The van der Waals surface area contributed by atoms with Gasteiger partial charge in [0.05, 0.1) is 0 Å². The molecule has 0 heteroatoms. The van der Waals surface area contributed by atoms with Crippen molar-refractivity contribution < 1.29 is 0 Å². The van der Waals surface area contributed by atoms with Gasteiger partial charge in [-0.25, -0.2) is 0 Å². The molecule has 0 aromatic rings. The largest absolute Gasteiger partial charge is 0.0811 e. The maximum absolute atomic E-state index is 3.54. The second-order valence-electron chi connectivity index (χ2n) is 10.4. The van der Waals surface area contributed by atoms with Crippen molar-refractivity contribution in [3.63, 3.8) is 0 Å². The molecule has 0 spiro atoms. The molecule has 0 saturated heterocycles. The van der Waals surface area contributed by atoms with E-state index in [4.69, 9.17) is 0 Å². The summed E-state index contributed by atoms with van der Waals surface area (Å²) in [5, 5.41) is 0. The maximum atomic E-state index is 3.54. The van der Waals surface area contributed by atoms with E-state index in [0.717, 1.165) is 0 Å². The highest BCUT2D eigenvalue weighted by Crippen LogP contribution is 2.14. The van der Waals surface area contributed by atoms with Crippen molar-refractivity contribution in [3.8, 4) is 0 Å². The first kappa shape index (κ1) is 31.7. The standard InChI is InChI=1S/C32H63/c1-3-5-7-9-11-13-15-17-19-21-23-25-27-29-31-32-30-28-26-24-22-20-18-16-14-12-10-8-6-4-2/h31H,3-30H2,1-2H3. The van der Waals surface area contributed by atoms with E-state index >= 15 is 0 Å². The summed E-state index contributed by atoms with van der Waals surface area (Å²) in [7, 11) is 0. The number of hydrogen-bond acceptors (Lipinski definition) is 0. The lowest BCUT2D eigenvalue weighted by atomic mass is 10.0. The molecular formula is C32H63. The van der Waals surface area contributed by atoms with Crippen molar-refractivity contribution in [1.82, 2.24) is 0 Å². The molecule has 0 fully saturated rings. The summed E-state index contributed by atoms with van der Waals surface area (Å²) in [6, 6.07) is 0. The van der Waals surface area contributed by atoms with E-state index in [1.807, 2.05) is 0 Å². The number of hydrogen-bond donors (Lipinski definition) is 0. The van der Waals surface area contributed by atoms with Gasteiger partial charge in [0.2, 0.25) is 0 Å². The molecule has 0 atom stereocenters. The lowest BCUT2D eigenvalue weighted by molar-refractivity contribution is 0.539. The highest BCUT2D eigenvalue weighted by molar-refractivity contribution is 4.73. The van der Waals surface area contributed by atoms with Crippen LogP contribution in [0.5, 0.6) is 0 Å².